The zero-order chi connectivity index (χ0) is 25.4. The molecule has 0 saturated heterocycles. The lowest BCUT2D eigenvalue weighted by Crippen LogP contribution is -2.21. The number of hydrazone groups is 1. The van der Waals surface area contributed by atoms with Gasteiger partial charge in [-0.2, -0.15) is 5.10 Å². The Morgan fingerprint density at radius 1 is 0.892 bits per heavy atom. The van der Waals surface area contributed by atoms with Crippen molar-refractivity contribution in [1.29, 1.82) is 0 Å². The fraction of sp³-hybridized carbons (Fsp3) is 0.100. The first-order valence-corrected chi connectivity index (χ1v) is 13.1. The molecule has 7 heteroatoms. The molecule has 1 aliphatic heterocycles. The van der Waals surface area contributed by atoms with Gasteiger partial charge >= 0.3 is 0 Å². The highest BCUT2D eigenvalue weighted by Gasteiger charge is 2.33. The standard InChI is InChI=1S/C30H22BrClN4O/c1-37-28-10-6-5-9-23(28)26-18-27(19-11-13-21(31)14-12-19)36(35-26)30-33-25-16-15-22(32)17-24(25)29(34-30)20-7-3-2-4-8-20/h2-17,27H,18H2,1H3/t27-/m0/s1. The second-order valence-corrected chi connectivity index (χ2v) is 10.1. The molecule has 1 aromatic heterocycles. The quantitative estimate of drug-likeness (QED) is 0.215. The first kappa shape index (κ1) is 23.6. The molecule has 182 valence electrons. The van der Waals surface area contributed by atoms with Crippen LogP contribution < -0.4 is 9.75 Å². The van der Waals surface area contributed by atoms with E-state index in [2.05, 4.69) is 28.1 Å². The van der Waals surface area contributed by atoms with Crippen LogP contribution in [0.15, 0.2) is 107 Å². The Hall–Kier alpha value is -3.74. The molecule has 0 aliphatic carbocycles. The van der Waals surface area contributed by atoms with Gasteiger partial charge in [-0.15, -0.1) is 0 Å². The van der Waals surface area contributed by atoms with Crippen molar-refractivity contribution in [1.82, 2.24) is 9.97 Å². The Labute approximate surface area is 228 Å². The molecule has 0 bridgehead atoms. The van der Waals surface area contributed by atoms with Crippen LogP contribution in [-0.2, 0) is 0 Å². The molecule has 6 rings (SSSR count). The minimum absolute atomic E-state index is 0.0821. The van der Waals surface area contributed by atoms with Crippen molar-refractivity contribution in [3.8, 4) is 17.0 Å². The molecule has 4 aromatic carbocycles. The van der Waals surface area contributed by atoms with E-state index in [0.717, 1.165) is 49.2 Å². The van der Waals surface area contributed by atoms with Crippen LogP contribution in [0.5, 0.6) is 5.75 Å². The SMILES string of the molecule is COc1ccccc1C1=NN(c2nc(-c3ccccc3)c3cc(Cl)ccc3n2)[C@H](c2ccc(Br)cc2)C1. The second-order valence-electron chi connectivity index (χ2n) is 8.76. The van der Waals surface area contributed by atoms with Gasteiger partial charge in [0, 0.05) is 32.4 Å². The van der Waals surface area contributed by atoms with Crippen LogP contribution in [0.3, 0.4) is 0 Å². The van der Waals surface area contributed by atoms with E-state index in [0.29, 0.717) is 17.4 Å². The number of aromatic nitrogens is 2. The van der Waals surface area contributed by atoms with Gasteiger partial charge < -0.3 is 4.74 Å². The van der Waals surface area contributed by atoms with Crippen molar-refractivity contribution < 1.29 is 4.74 Å². The maximum Gasteiger partial charge on any atom is 0.247 e. The lowest BCUT2D eigenvalue weighted by Gasteiger charge is -2.23. The van der Waals surface area contributed by atoms with Crippen molar-refractivity contribution >= 4 is 50.1 Å². The number of hydrogen-bond donors (Lipinski definition) is 0. The summed E-state index contributed by atoms with van der Waals surface area (Å²) in [4.78, 5) is 10.0. The van der Waals surface area contributed by atoms with Gasteiger partial charge in [0.2, 0.25) is 5.95 Å². The third-order valence-electron chi connectivity index (χ3n) is 6.48. The molecular formula is C30H22BrClN4O. The summed E-state index contributed by atoms with van der Waals surface area (Å²) < 4.78 is 6.68. The number of methoxy groups -OCH3 is 1. The first-order chi connectivity index (χ1) is 18.1. The monoisotopic (exact) mass is 568 g/mol. The van der Waals surface area contributed by atoms with Crippen LogP contribution in [0, 0.1) is 0 Å². The summed E-state index contributed by atoms with van der Waals surface area (Å²) in [5.74, 6) is 1.32. The summed E-state index contributed by atoms with van der Waals surface area (Å²) in [7, 11) is 1.68. The summed E-state index contributed by atoms with van der Waals surface area (Å²) in [6, 6.07) is 32.0. The highest BCUT2D eigenvalue weighted by Crippen LogP contribution is 2.39. The van der Waals surface area contributed by atoms with Crippen molar-refractivity contribution in [2.24, 2.45) is 5.10 Å². The Balaban J connectivity index is 1.55. The van der Waals surface area contributed by atoms with Crippen LogP contribution in [0.25, 0.3) is 22.2 Å². The van der Waals surface area contributed by atoms with Gasteiger partial charge in [-0.25, -0.2) is 15.0 Å². The summed E-state index contributed by atoms with van der Waals surface area (Å²) in [5.41, 5.74) is 5.63. The maximum absolute atomic E-state index is 6.37. The van der Waals surface area contributed by atoms with Crippen LogP contribution in [0.4, 0.5) is 5.95 Å². The number of nitrogens with zero attached hydrogens (tertiary/aromatic N) is 4. The van der Waals surface area contributed by atoms with Gasteiger partial charge in [-0.05, 0) is 48.0 Å². The van der Waals surface area contributed by atoms with E-state index in [4.69, 9.17) is 31.4 Å². The lowest BCUT2D eigenvalue weighted by atomic mass is 9.98. The van der Waals surface area contributed by atoms with E-state index >= 15 is 0 Å². The molecule has 0 fully saturated rings. The predicted molar refractivity (Wildman–Crippen MR) is 153 cm³/mol. The molecule has 0 N–H and O–H groups in total. The largest absolute Gasteiger partial charge is 0.496 e. The van der Waals surface area contributed by atoms with E-state index in [1.165, 1.54) is 0 Å². The molecule has 0 spiro atoms. The van der Waals surface area contributed by atoms with Crippen molar-refractivity contribution in [2.75, 3.05) is 12.1 Å². The highest BCUT2D eigenvalue weighted by atomic mass is 79.9. The molecule has 1 atom stereocenters. The van der Waals surface area contributed by atoms with Crippen molar-refractivity contribution in [2.45, 2.75) is 12.5 Å². The highest BCUT2D eigenvalue weighted by molar-refractivity contribution is 9.10. The molecule has 0 saturated carbocycles. The van der Waals surface area contributed by atoms with E-state index < -0.39 is 0 Å². The molecule has 1 aliphatic rings. The molecule has 2 heterocycles. The topological polar surface area (TPSA) is 50.6 Å². The number of fused-ring (bicyclic) bond motifs is 1. The smallest absolute Gasteiger partial charge is 0.247 e. The molecule has 5 nitrogen and oxygen atoms in total. The minimum Gasteiger partial charge on any atom is -0.496 e. The Kier molecular flexibility index (Phi) is 6.37. The Morgan fingerprint density at radius 2 is 1.65 bits per heavy atom. The van der Waals surface area contributed by atoms with Crippen LogP contribution >= 0.6 is 27.5 Å². The predicted octanol–water partition coefficient (Wildman–Crippen LogP) is 8.08. The fourth-order valence-corrected chi connectivity index (χ4v) is 5.13. The number of para-hydroxylation sites is 1. The molecule has 37 heavy (non-hydrogen) atoms. The number of benzene rings is 4. The van der Waals surface area contributed by atoms with E-state index in [1.807, 2.05) is 89.9 Å². The van der Waals surface area contributed by atoms with Gasteiger partial charge in [0.05, 0.1) is 30.1 Å². The summed E-state index contributed by atoms with van der Waals surface area (Å²) in [6.07, 6.45) is 0.685. The van der Waals surface area contributed by atoms with Crippen LogP contribution in [0.1, 0.15) is 23.6 Å². The molecule has 0 unspecified atom stereocenters. The molecule has 0 radical (unpaired) electrons. The average Bonchev–Trinajstić information content (AvgIpc) is 3.39. The summed E-state index contributed by atoms with van der Waals surface area (Å²) in [6.45, 7) is 0. The molecule has 0 amide bonds. The minimum atomic E-state index is -0.0821. The number of rotatable bonds is 5. The Morgan fingerprint density at radius 3 is 2.43 bits per heavy atom. The fourth-order valence-electron chi connectivity index (χ4n) is 4.69. The van der Waals surface area contributed by atoms with Gasteiger partial charge in [-0.3, -0.25) is 0 Å². The van der Waals surface area contributed by atoms with Crippen molar-refractivity contribution in [3.63, 3.8) is 0 Å². The van der Waals surface area contributed by atoms with Gasteiger partial charge in [-0.1, -0.05) is 82.1 Å². The summed E-state index contributed by atoms with van der Waals surface area (Å²) >= 11 is 9.93. The first-order valence-electron chi connectivity index (χ1n) is 11.9. The van der Waals surface area contributed by atoms with E-state index in [1.54, 1.807) is 7.11 Å². The van der Waals surface area contributed by atoms with Gasteiger partial charge in [0.15, 0.2) is 0 Å². The van der Waals surface area contributed by atoms with E-state index in [-0.39, 0.29) is 6.04 Å². The average molecular weight is 570 g/mol. The second kappa shape index (κ2) is 9.96. The maximum atomic E-state index is 6.37. The number of hydrogen-bond acceptors (Lipinski definition) is 5. The zero-order valence-corrected chi connectivity index (χ0v) is 22.3. The summed E-state index contributed by atoms with van der Waals surface area (Å²) in [5, 5.41) is 8.56. The number of ether oxygens (including phenoxy) is 1. The number of anilines is 1. The molecular weight excluding hydrogens is 548 g/mol. The van der Waals surface area contributed by atoms with Crippen LogP contribution in [0.2, 0.25) is 5.02 Å². The third-order valence-corrected chi connectivity index (χ3v) is 7.24. The molecule has 5 aromatic rings. The zero-order valence-electron chi connectivity index (χ0n) is 20.0. The van der Waals surface area contributed by atoms with E-state index in [9.17, 15) is 0 Å². The van der Waals surface area contributed by atoms with Crippen molar-refractivity contribution in [3.05, 3.63) is 118 Å². The normalized spacial score (nSPS) is 15.2. The Bertz CT molecular complexity index is 1620. The number of halogens is 2. The van der Waals surface area contributed by atoms with Gasteiger partial charge in [0.1, 0.15) is 5.75 Å². The lowest BCUT2D eigenvalue weighted by molar-refractivity contribution is 0.414. The van der Waals surface area contributed by atoms with Gasteiger partial charge in [0.25, 0.3) is 0 Å². The van der Waals surface area contributed by atoms with Crippen LogP contribution in [-0.4, -0.2) is 22.8 Å². The third kappa shape index (κ3) is 4.59.